The first-order valence-electron chi connectivity index (χ1n) is 10.3. The third-order valence-corrected chi connectivity index (χ3v) is 5.11. The van der Waals surface area contributed by atoms with E-state index in [1.165, 1.54) is 0 Å². The lowest BCUT2D eigenvalue weighted by Gasteiger charge is -2.31. The van der Waals surface area contributed by atoms with Gasteiger partial charge >= 0.3 is 6.03 Å². The van der Waals surface area contributed by atoms with Gasteiger partial charge in [-0.25, -0.2) is 4.79 Å². The molecular weight excluding hydrogens is 414 g/mol. The number of ether oxygens (including phenoxy) is 3. The standard InChI is InChI=1S/C23H25N3O6/c27-13-21-18(26-23(29)25-16-6-9-19-20(10-16)31-14-30-19)8-7-17(32-21)11-22(28)24-12-15-4-2-1-3-5-15/h1-10,17-18,21,27H,11-14H2,(H,24,28)(H2,25,26,29)/t17-,18+,21+/m0/s1. The van der Waals surface area contributed by atoms with Crippen LogP contribution in [0.15, 0.2) is 60.7 Å². The molecule has 3 atom stereocenters. The minimum atomic E-state index is -0.672. The Morgan fingerprint density at radius 1 is 1.03 bits per heavy atom. The van der Waals surface area contributed by atoms with Gasteiger partial charge in [-0.1, -0.05) is 42.5 Å². The Hall–Kier alpha value is -3.56. The first kappa shape index (κ1) is 21.7. The van der Waals surface area contributed by atoms with Gasteiger partial charge in [0.2, 0.25) is 12.7 Å². The van der Waals surface area contributed by atoms with Crippen molar-refractivity contribution >= 4 is 17.6 Å². The summed E-state index contributed by atoms with van der Waals surface area (Å²) in [4.78, 5) is 24.6. The zero-order valence-electron chi connectivity index (χ0n) is 17.3. The van der Waals surface area contributed by atoms with Gasteiger partial charge in [-0.3, -0.25) is 4.79 Å². The van der Waals surface area contributed by atoms with Crippen LogP contribution >= 0.6 is 0 Å². The average Bonchev–Trinajstić information content (AvgIpc) is 3.27. The van der Waals surface area contributed by atoms with Crippen LogP contribution in [-0.2, 0) is 16.1 Å². The highest BCUT2D eigenvalue weighted by Crippen LogP contribution is 2.34. The lowest BCUT2D eigenvalue weighted by Crippen LogP contribution is -2.50. The summed E-state index contributed by atoms with van der Waals surface area (Å²) in [5, 5.41) is 18.0. The third kappa shape index (κ3) is 5.57. The SMILES string of the molecule is O=C(C[C@@H]1C=C[C@@H](NC(=O)Nc2ccc3c(c2)OCO3)[C@@H](CO)O1)NCc1ccccc1. The number of rotatable bonds is 7. The van der Waals surface area contributed by atoms with Crippen LogP contribution in [0.4, 0.5) is 10.5 Å². The van der Waals surface area contributed by atoms with Crippen LogP contribution in [-0.4, -0.2) is 48.7 Å². The van der Waals surface area contributed by atoms with Crippen molar-refractivity contribution in [2.45, 2.75) is 31.2 Å². The van der Waals surface area contributed by atoms with Crippen molar-refractivity contribution in [1.29, 1.82) is 0 Å². The maximum atomic E-state index is 12.4. The van der Waals surface area contributed by atoms with Crippen molar-refractivity contribution in [3.8, 4) is 11.5 Å². The van der Waals surface area contributed by atoms with E-state index in [2.05, 4.69) is 16.0 Å². The van der Waals surface area contributed by atoms with Gasteiger partial charge in [0.25, 0.3) is 0 Å². The van der Waals surface area contributed by atoms with Crippen molar-refractivity contribution in [1.82, 2.24) is 10.6 Å². The number of anilines is 1. The fraction of sp³-hybridized carbons (Fsp3) is 0.304. The van der Waals surface area contributed by atoms with Crippen LogP contribution < -0.4 is 25.4 Å². The van der Waals surface area contributed by atoms with E-state index in [1.54, 1.807) is 30.4 Å². The molecule has 0 aromatic heterocycles. The number of fused-ring (bicyclic) bond motifs is 1. The topological polar surface area (TPSA) is 118 Å². The first-order chi connectivity index (χ1) is 15.6. The van der Waals surface area contributed by atoms with Crippen LogP contribution in [0, 0.1) is 0 Å². The van der Waals surface area contributed by atoms with Gasteiger partial charge in [-0.2, -0.15) is 0 Å². The van der Waals surface area contributed by atoms with Crippen LogP contribution in [0.1, 0.15) is 12.0 Å². The summed E-state index contributed by atoms with van der Waals surface area (Å²) < 4.78 is 16.4. The summed E-state index contributed by atoms with van der Waals surface area (Å²) in [6.45, 7) is 0.282. The molecule has 0 unspecified atom stereocenters. The number of amides is 3. The molecule has 2 aliphatic rings. The lowest BCUT2D eigenvalue weighted by atomic mass is 10.0. The van der Waals surface area contributed by atoms with Gasteiger partial charge in [0.1, 0.15) is 6.10 Å². The number of urea groups is 1. The largest absolute Gasteiger partial charge is 0.454 e. The zero-order valence-corrected chi connectivity index (χ0v) is 17.3. The van der Waals surface area contributed by atoms with E-state index in [4.69, 9.17) is 14.2 Å². The number of carbonyl (C=O) groups excluding carboxylic acids is 2. The Bertz CT molecular complexity index is 981. The molecule has 2 aliphatic heterocycles. The van der Waals surface area contributed by atoms with Gasteiger partial charge < -0.3 is 35.3 Å². The van der Waals surface area contributed by atoms with Gasteiger partial charge in [-0.15, -0.1) is 0 Å². The molecule has 4 N–H and O–H groups in total. The monoisotopic (exact) mass is 439 g/mol. The van der Waals surface area contributed by atoms with E-state index in [1.807, 2.05) is 30.3 Å². The van der Waals surface area contributed by atoms with Gasteiger partial charge in [0.05, 0.1) is 25.2 Å². The summed E-state index contributed by atoms with van der Waals surface area (Å²) in [6.07, 6.45) is 2.42. The molecule has 4 rings (SSSR count). The second-order valence-corrected chi connectivity index (χ2v) is 7.44. The number of hydrogen-bond donors (Lipinski definition) is 4. The van der Waals surface area contributed by atoms with Crippen molar-refractivity contribution < 1.29 is 28.9 Å². The summed E-state index contributed by atoms with van der Waals surface area (Å²) >= 11 is 0. The molecule has 3 amide bonds. The molecule has 0 bridgehead atoms. The Labute approximate surface area is 185 Å². The highest BCUT2D eigenvalue weighted by atomic mass is 16.7. The smallest absolute Gasteiger partial charge is 0.319 e. The number of carbonyl (C=O) groups is 2. The molecule has 9 nitrogen and oxygen atoms in total. The van der Waals surface area contributed by atoms with Gasteiger partial charge in [0, 0.05) is 18.3 Å². The molecule has 2 aromatic carbocycles. The van der Waals surface area contributed by atoms with Crippen molar-refractivity contribution in [3.63, 3.8) is 0 Å². The molecule has 0 aliphatic carbocycles. The maximum absolute atomic E-state index is 12.4. The maximum Gasteiger partial charge on any atom is 0.319 e. The second-order valence-electron chi connectivity index (χ2n) is 7.44. The molecule has 168 valence electrons. The summed E-state index contributed by atoms with van der Waals surface area (Å²) in [5.74, 6) is 1.02. The van der Waals surface area contributed by atoms with Crippen LogP contribution in [0.25, 0.3) is 0 Å². The summed E-state index contributed by atoms with van der Waals surface area (Å²) in [7, 11) is 0. The zero-order chi connectivity index (χ0) is 22.3. The molecule has 0 fully saturated rings. The van der Waals surface area contributed by atoms with Crippen molar-refractivity contribution in [2.24, 2.45) is 0 Å². The number of hydrogen-bond acceptors (Lipinski definition) is 6. The molecule has 2 aromatic rings. The fourth-order valence-corrected chi connectivity index (χ4v) is 3.48. The average molecular weight is 439 g/mol. The quantitative estimate of drug-likeness (QED) is 0.490. The van der Waals surface area contributed by atoms with E-state index >= 15 is 0 Å². The highest BCUT2D eigenvalue weighted by molar-refractivity contribution is 5.90. The van der Waals surface area contributed by atoms with E-state index in [9.17, 15) is 14.7 Å². The molecule has 0 radical (unpaired) electrons. The number of benzene rings is 2. The van der Waals surface area contributed by atoms with E-state index in [-0.39, 0.29) is 25.7 Å². The van der Waals surface area contributed by atoms with E-state index in [0.29, 0.717) is 23.7 Å². The summed E-state index contributed by atoms with van der Waals surface area (Å²) in [6, 6.07) is 13.7. The van der Waals surface area contributed by atoms with Crippen LogP contribution in [0.3, 0.4) is 0 Å². The minimum absolute atomic E-state index is 0.121. The normalized spacial score (nSPS) is 21.1. The first-order valence-corrected chi connectivity index (χ1v) is 10.3. The van der Waals surface area contributed by atoms with Crippen molar-refractivity contribution in [3.05, 3.63) is 66.2 Å². The van der Waals surface area contributed by atoms with E-state index < -0.39 is 24.3 Å². The van der Waals surface area contributed by atoms with Gasteiger partial charge in [-0.05, 0) is 17.7 Å². The summed E-state index contributed by atoms with van der Waals surface area (Å²) in [5.41, 5.74) is 1.55. The Kier molecular flexibility index (Phi) is 6.88. The van der Waals surface area contributed by atoms with Crippen LogP contribution in [0.2, 0.25) is 0 Å². The molecule has 0 spiro atoms. The molecule has 9 heteroatoms. The molecule has 0 saturated carbocycles. The minimum Gasteiger partial charge on any atom is -0.454 e. The predicted octanol–water partition coefficient (Wildman–Crippen LogP) is 1.93. The number of aliphatic hydroxyl groups is 1. The Morgan fingerprint density at radius 2 is 1.84 bits per heavy atom. The van der Waals surface area contributed by atoms with E-state index in [0.717, 1.165) is 5.56 Å². The van der Waals surface area contributed by atoms with Gasteiger partial charge in [0.15, 0.2) is 11.5 Å². The highest BCUT2D eigenvalue weighted by Gasteiger charge is 2.29. The predicted molar refractivity (Wildman–Crippen MR) is 116 cm³/mol. The Balaban J connectivity index is 1.27. The molecule has 32 heavy (non-hydrogen) atoms. The molecule has 2 heterocycles. The fourth-order valence-electron chi connectivity index (χ4n) is 3.48. The van der Waals surface area contributed by atoms with Crippen molar-refractivity contribution in [2.75, 3.05) is 18.7 Å². The Morgan fingerprint density at radius 3 is 2.66 bits per heavy atom. The molecular formula is C23H25N3O6. The lowest BCUT2D eigenvalue weighted by molar-refractivity contribution is -0.125. The number of aliphatic hydroxyl groups excluding tert-OH is 1. The molecule has 0 saturated heterocycles. The number of nitrogens with one attached hydrogen (secondary N) is 3. The third-order valence-electron chi connectivity index (χ3n) is 5.11. The van der Waals surface area contributed by atoms with Crippen LogP contribution in [0.5, 0.6) is 11.5 Å². The second kappa shape index (κ2) is 10.2.